The lowest BCUT2D eigenvalue weighted by Gasteiger charge is -2.03. The molecule has 0 atom stereocenters. The Morgan fingerprint density at radius 2 is 2.14 bits per heavy atom. The molecule has 0 aliphatic carbocycles. The minimum Gasteiger partial charge on any atom is -0.236 e. The van der Waals surface area contributed by atoms with Crippen LogP contribution in [0.1, 0.15) is 0 Å². The van der Waals surface area contributed by atoms with Crippen LogP contribution in [-0.2, 0) is 0 Å². The van der Waals surface area contributed by atoms with E-state index in [2.05, 4.69) is 9.98 Å². The Labute approximate surface area is 96.3 Å². The normalized spacial score (nSPS) is 13.1. The third kappa shape index (κ3) is 3.09. The standard InChI is InChI=1S/C7H3ClF3IN2/c8-6(7(9,10)11)14-5-4(12)2-1-3-13-5/h1-3H. The van der Waals surface area contributed by atoms with Gasteiger partial charge in [0, 0.05) is 6.20 Å². The maximum atomic E-state index is 12.0. The van der Waals surface area contributed by atoms with Crippen molar-refractivity contribution in [3.63, 3.8) is 0 Å². The second-order valence-electron chi connectivity index (χ2n) is 2.21. The molecule has 1 rings (SSSR count). The zero-order valence-corrected chi connectivity index (χ0v) is 9.43. The van der Waals surface area contributed by atoms with Crippen LogP contribution in [0.15, 0.2) is 23.3 Å². The first-order chi connectivity index (χ1) is 6.41. The predicted octanol–water partition coefficient (Wildman–Crippen LogP) is 3.52. The van der Waals surface area contributed by atoms with Crippen LogP contribution in [-0.4, -0.2) is 16.3 Å². The van der Waals surface area contributed by atoms with Crippen LogP contribution < -0.4 is 0 Å². The number of alkyl halides is 3. The molecule has 0 spiro atoms. The number of hydrogen-bond acceptors (Lipinski definition) is 2. The van der Waals surface area contributed by atoms with Gasteiger partial charge in [-0.05, 0) is 34.7 Å². The summed E-state index contributed by atoms with van der Waals surface area (Å²) in [6.07, 6.45) is -3.27. The Morgan fingerprint density at radius 1 is 1.50 bits per heavy atom. The molecule has 0 amide bonds. The average Bonchev–Trinajstić information content (AvgIpc) is 2.07. The van der Waals surface area contributed by atoms with Gasteiger partial charge in [-0.3, -0.25) is 0 Å². The monoisotopic (exact) mass is 334 g/mol. The van der Waals surface area contributed by atoms with E-state index in [4.69, 9.17) is 11.6 Å². The molecule has 0 saturated heterocycles. The molecule has 0 radical (unpaired) electrons. The van der Waals surface area contributed by atoms with Crippen molar-refractivity contribution in [2.75, 3.05) is 0 Å². The maximum absolute atomic E-state index is 12.0. The fourth-order valence-corrected chi connectivity index (χ4v) is 1.16. The predicted molar refractivity (Wildman–Crippen MR) is 56.0 cm³/mol. The Morgan fingerprint density at radius 3 is 2.64 bits per heavy atom. The highest BCUT2D eigenvalue weighted by Gasteiger charge is 2.34. The number of aliphatic imine (C=N–C) groups is 1. The smallest absolute Gasteiger partial charge is 0.236 e. The van der Waals surface area contributed by atoms with Crippen LogP contribution in [0.5, 0.6) is 0 Å². The summed E-state index contributed by atoms with van der Waals surface area (Å²) in [5.74, 6) is -0.0320. The Kier molecular flexibility index (Phi) is 3.71. The van der Waals surface area contributed by atoms with Gasteiger partial charge in [0.2, 0.25) is 5.17 Å². The van der Waals surface area contributed by atoms with Crippen molar-refractivity contribution < 1.29 is 13.2 Å². The molecule has 2 nitrogen and oxygen atoms in total. The molecule has 0 saturated carbocycles. The number of rotatable bonds is 1. The van der Waals surface area contributed by atoms with Crippen LogP contribution in [0.2, 0.25) is 0 Å². The molecular weight excluding hydrogens is 331 g/mol. The maximum Gasteiger partial charge on any atom is 0.444 e. The van der Waals surface area contributed by atoms with E-state index in [0.29, 0.717) is 3.57 Å². The lowest BCUT2D eigenvalue weighted by molar-refractivity contribution is -0.0558. The lowest BCUT2D eigenvalue weighted by atomic mass is 10.5. The minimum atomic E-state index is -4.62. The number of pyridine rings is 1. The molecule has 0 bridgehead atoms. The molecule has 0 unspecified atom stereocenters. The van der Waals surface area contributed by atoms with E-state index in [-0.39, 0.29) is 5.82 Å². The van der Waals surface area contributed by atoms with Crippen molar-refractivity contribution in [3.05, 3.63) is 21.9 Å². The van der Waals surface area contributed by atoms with Gasteiger partial charge in [-0.1, -0.05) is 11.6 Å². The van der Waals surface area contributed by atoms with Crippen LogP contribution >= 0.6 is 34.2 Å². The number of halogens is 5. The van der Waals surface area contributed by atoms with Gasteiger partial charge >= 0.3 is 6.18 Å². The Bertz CT molecular complexity index is 364. The average molecular weight is 334 g/mol. The highest BCUT2D eigenvalue weighted by molar-refractivity contribution is 14.1. The topological polar surface area (TPSA) is 25.2 Å². The fraction of sp³-hybridized carbons (Fsp3) is 0.143. The molecule has 1 aromatic heterocycles. The zero-order valence-electron chi connectivity index (χ0n) is 6.52. The summed E-state index contributed by atoms with van der Waals surface area (Å²) in [5.41, 5.74) is 0. The van der Waals surface area contributed by atoms with E-state index in [1.165, 1.54) is 6.20 Å². The van der Waals surface area contributed by atoms with Crippen molar-refractivity contribution in [2.24, 2.45) is 4.99 Å². The summed E-state index contributed by atoms with van der Waals surface area (Å²) in [6.45, 7) is 0. The fourth-order valence-electron chi connectivity index (χ4n) is 0.616. The summed E-state index contributed by atoms with van der Waals surface area (Å²) in [6, 6.07) is 3.19. The summed E-state index contributed by atoms with van der Waals surface area (Å²) in [5, 5.41) is -1.42. The third-order valence-corrected chi connectivity index (χ3v) is 2.32. The van der Waals surface area contributed by atoms with Gasteiger partial charge in [0.25, 0.3) is 0 Å². The number of aromatic nitrogens is 1. The quantitative estimate of drug-likeness (QED) is 0.570. The highest BCUT2D eigenvalue weighted by Crippen LogP contribution is 2.24. The largest absolute Gasteiger partial charge is 0.444 e. The lowest BCUT2D eigenvalue weighted by Crippen LogP contribution is -2.16. The zero-order chi connectivity index (χ0) is 10.8. The second kappa shape index (κ2) is 4.43. The van der Waals surface area contributed by atoms with E-state index < -0.39 is 11.3 Å². The van der Waals surface area contributed by atoms with Gasteiger partial charge in [-0.15, -0.1) is 0 Å². The van der Waals surface area contributed by atoms with Crippen molar-refractivity contribution in [1.29, 1.82) is 0 Å². The SMILES string of the molecule is FC(F)(F)C(Cl)=Nc1ncccc1I. The van der Waals surface area contributed by atoms with E-state index in [9.17, 15) is 13.2 Å². The molecule has 0 aromatic carbocycles. The van der Waals surface area contributed by atoms with Crippen molar-refractivity contribution in [1.82, 2.24) is 4.98 Å². The second-order valence-corrected chi connectivity index (χ2v) is 3.73. The number of hydrogen-bond donors (Lipinski definition) is 0. The third-order valence-electron chi connectivity index (χ3n) is 1.18. The molecule has 1 aromatic rings. The first-order valence-electron chi connectivity index (χ1n) is 3.33. The molecular formula is C7H3ClF3IN2. The van der Waals surface area contributed by atoms with E-state index >= 15 is 0 Å². The van der Waals surface area contributed by atoms with Crippen molar-refractivity contribution in [3.8, 4) is 0 Å². The first-order valence-corrected chi connectivity index (χ1v) is 4.79. The molecule has 0 aliphatic heterocycles. The van der Waals surface area contributed by atoms with Gasteiger partial charge in [-0.25, -0.2) is 9.98 Å². The first kappa shape index (κ1) is 11.7. The van der Waals surface area contributed by atoms with Crippen molar-refractivity contribution in [2.45, 2.75) is 6.18 Å². The van der Waals surface area contributed by atoms with Crippen LogP contribution in [0.25, 0.3) is 0 Å². The Balaban J connectivity index is 3.04. The molecule has 76 valence electrons. The summed E-state index contributed by atoms with van der Waals surface area (Å²) < 4.78 is 36.4. The molecule has 0 aliphatic rings. The summed E-state index contributed by atoms with van der Waals surface area (Å²) in [4.78, 5) is 6.82. The van der Waals surface area contributed by atoms with Crippen LogP contribution in [0.3, 0.4) is 0 Å². The van der Waals surface area contributed by atoms with Gasteiger partial charge < -0.3 is 0 Å². The van der Waals surface area contributed by atoms with Crippen LogP contribution in [0, 0.1) is 3.57 Å². The molecule has 0 fully saturated rings. The van der Waals surface area contributed by atoms with Gasteiger partial charge in [0.15, 0.2) is 5.82 Å². The van der Waals surface area contributed by atoms with Gasteiger partial charge in [-0.2, -0.15) is 13.2 Å². The van der Waals surface area contributed by atoms with Crippen LogP contribution in [0.4, 0.5) is 19.0 Å². The highest BCUT2D eigenvalue weighted by atomic mass is 127. The van der Waals surface area contributed by atoms with Gasteiger partial charge in [0.1, 0.15) is 0 Å². The van der Waals surface area contributed by atoms with E-state index in [1.807, 2.05) is 22.6 Å². The molecule has 14 heavy (non-hydrogen) atoms. The summed E-state index contributed by atoms with van der Waals surface area (Å²) >= 11 is 6.77. The van der Waals surface area contributed by atoms with E-state index in [1.54, 1.807) is 12.1 Å². The molecule has 0 N–H and O–H groups in total. The molecule has 7 heteroatoms. The Hall–Kier alpha value is -0.370. The molecule has 1 heterocycles. The minimum absolute atomic E-state index is 0.0320. The summed E-state index contributed by atoms with van der Waals surface area (Å²) in [7, 11) is 0. The van der Waals surface area contributed by atoms with E-state index in [0.717, 1.165) is 0 Å². The number of nitrogens with zero attached hydrogens (tertiary/aromatic N) is 2. The van der Waals surface area contributed by atoms with Crippen molar-refractivity contribution >= 4 is 45.2 Å². The van der Waals surface area contributed by atoms with Gasteiger partial charge in [0.05, 0.1) is 3.57 Å².